The molecule has 0 aromatic heterocycles. The Balaban J connectivity index is 2.40. The molecule has 0 radical (unpaired) electrons. The van der Waals surface area contributed by atoms with Gasteiger partial charge in [-0.25, -0.2) is 13.4 Å². The first kappa shape index (κ1) is 17.0. The van der Waals surface area contributed by atoms with Crippen LogP contribution in [0.4, 0.5) is 0 Å². The second kappa shape index (κ2) is 5.69. The van der Waals surface area contributed by atoms with Crippen LogP contribution >= 0.6 is 0 Å². The molecule has 0 saturated heterocycles. The monoisotopic (exact) mass is 323 g/mol. The van der Waals surface area contributed by atoms with E-state index in [1.165, 1.54) is 0 Å². The lowest BCUT2D eigenvalue weighted by Gasteiger charge is -2.37. The van der Waals surface area contributed by atoms with Crippen LogP contribution < -0.4 is 0 Å². The van der Waals surface area contributed by atoms with Crippen LogP contribution in [0.3, 0.4) is 0 Å². The van der Waals surface area contributed by atoms with E-state index in [4.69, 9.17) is 4.74 Å². The van der Waals surface area contributed by atoms with Crippen LogP contribution in [-0.2, 0) is 14.6 Å². The van der Waals surface area contributed by atoms with Gasteiger partial charge in [0, 0.05) is 5.56 Å². The van der Waals surface area contributed by atoms with Gasteiger partial charge >= 0.3 is 0 Å². The smallest absolute Gasteiger partial charge is 0.216 e. The molecule has 2 atom stereocenters. The van der Waals surface area contributed by atoms with E-state index in [1.54, 1.807) is 27.7 Å². The molecular weight excluding hydrogens is 298 g/mol. The maximum absolute atomic E-state index is 13.0. The summed E-state index contributed by atoms with van der Waals surface area (Å²) in [7, 11) is -3.36. The SMILES string of the molecule is CC[C@@](C)([C@H]1COC(c2ccccc2)=N1)S(=O)(=O)C(C)(C)C. The van der Waals surface area contributed by atoms with Crippen molar-refractivity contribution in [2.24, 2.45) is 4.99 Å². The normalized spacial score (nSPS) is 21.9. The lowest BCUT2D eigenvalue weighted by atomic mass is 9.99. The van der Waals surface area contributed by atoms with Gasteiger partial charge in [-0.2, -0.15) is 0 Å². The van der Waals surface area contributed by atoms with Crippen LogP contribution in [0, 0.1) is 0 Å². The van der Waals surface area contributed by atoms with Gasteiger partial charge in [0.05, 0.1) is 9.49 Å². The van der Waals surface area contributed by atoms with Crippen LogP contribution in [0.15, 0.2) is 35.3 Å². The summed E-state index contributed by atoms with van der Waals surface area (Å²) in [6, 6.07) is 9.22. The number of rotatable bonds is 4. The molecule has 0 fully saturated rings. The zero-order valence-electron chi connectivity index (χ0n) is 14.0. The number of hydrogen-bond acceptors (Lipinski definition) is 4. The lowest BCUT2D eigenvalue weighted by Crippen LogP contribution is -2.52. The van der Waals surface area contributed by atoms with E-state index >= 15 is 0 Å². The van der Waals surface area contributed by atoms with Crippen molar-refractivity contribution in [2.45, 2.75) is 56.6 Å². The largest absolute Gasteiger partial charge is 0.475 e. The summed E-state index contributed by atoms with van der Waals surface area (Å²) in [5, 5.41) is 0. The molecule has 0 saturated carbocycles. The minimum Gasteiger partial charge on any atom is -0.475 e. The summed E-state index contributed by atoms with van der Waals surface area (Å²) >= 11 is 0. The van der Waals surface area contributed by atoms with Gasteiger partial charge in [-0.1, -0.05) is 25.1 Å². The molecule has 0 N–H and O–H groups in total. The fraction of sp³-hybridized carbons (Fsp3) is 0.588. The van der Waals surface area contributed by atoms with E-state index in [1.807, 2.05) is 37.3 Å². The summed E-state index contributed by atoms with van der Waals surface area (Å²) in [6.45, 7) is 9.23. The Labute approximate surface area is 133 Å². The molecule has 1 aliphatic rings. The highest BCUT2D eigenvalue weighted by molar-refractivity contribution is 7.94. The Morgan fingerprint density at radius 2 is 1.77 bits per heavy atom. The number of nitrogens with zero attached hydrogens (tertiary/aromatic N) is 1. The Bertz CT molecular complexity index is 659. The second-order valence-corrected chi connectivity index (χ2v) is 10.1. The quantitative estimate of drug-likeness (QED) is 0.855. The van der Waals surface area contributed by atoms with Crippen LogP contribution in [0.5, 0.6) is 0 Å². The first-order valence-corrected chi connectivity index (χ1v) is 9.12. The maximum atomic E-state index is 13.0. The van der Waals surface area contributed by atoms with E-state index in [9.17, 15) is 8.42 Å². The van der Waals surface area contributed by atoms with Gasteiger partial charge < -0.3 is 4.74 Å². The van der Waals surface area contributed by atoms with Crippen molar-refractivity contribution in [2.75, 3.05) is 6.61 Å². The zero-order valence-corrected chi connectivity index (χ0v) is 14.8. The summed E-state index contributed by atoms with van der Waals surface area (Å²) in [6.07, 6.45) is 0.506. The minimum absolute atomic E-state index is 0.309. The van der Waals surface area contributed by atoms with Crippen molar-refractivity contribution >= 4 is 15.7 Å². The molecule has 4 nitrogen and oxygen atoms in total. The van der Waals surface area contributed by atoms with E-state index < -0.39 is 19.3 Å². The number of sulfone groups is 1. The van der Waals surface area contributed by atoms with Crippen molar-refractivity contribution in [3.05, 3.63) is 35.9 Å². The molecule has 0 bridgehead atoms. The molecule has 1 heterocycles. The van der Waals surface area contributed by atoms with E-state index in [-0.39, 0.29) is 6.04 Å². The highest BCUT2D eigenvalue weighted by atomic mass is 32.2. The molecule has 0 aliphatic carbocycles. The first-order valence-electron chi connectivity index (χ1n) is 7.63. The Hall–Kier alpha value is -1.36. The highest BCUT2D eigenvalue weighted by Gasteiger charge is 2.52. The van der Waals surface area contributed by atoms with Crippen molar-refractivity contribution in [3.8, 4) is 0 Å². The van der Waals surface area contributed by atoms with Crippen LogP contribution in [-0.4, -0.2) is 36.5 Å². The van der Waals surface area contributed by atoms with E-state index in [0.717, 1.165) is 5.56 Å². The van der Waals surface area contributed by atoms with Crippen molar-refractivity contribution in [1.82, 2.24) is 0 Å². The molecule has 5 heteroatoms. The molecule has 0 unspecified atom stereocenters. The molecule has 1 aliphatic heterocycles. The molecule has 1 aromatic rings. The van der Waals surface area contributed by atoms with E-state index in [0.29, 0.717) is 18.9 Å². The first-order chi connectivity index (χ1) is 10.1. The summed E-state index contributed by atoms with van der Waals surface area (Å²) in [5.74, 6) is 0.536. The highest BCUT2D eigenvalue weighted by Crippen LogP contribution is 2.37. The Kier molecular flexibility index (Phi) is 4.39. The Morgan fingerprint density at radius 1 is 1.18 bits per heavy atom. The third kappa shape index (κ3) is 2.67. The van der Waals surface area contributed by atoms with Gasteiger partial charge in [-0.15, -0.1) is 0 Å². The fourth-order valence-corrected chi connectivity index (χ4v) is 4.99. The predicted octanol–water partition coefficient (Wildman–Crippen LogP) is 3.21. The third-order valence-electron chi connectivity index (χ3n) is 4.50. The van der Waals surface area contributed by atoms with Crippen LogP contribution in [0.25, 0.3) is 0 Å². The second-order valence-electron chi connectivity index (χ2n) is 6.91. The topological polar surface area (TPSA) is 55.7 Å². The number of ether oxygens (including phenoxy) is 1. The fourth-order valence-electron chi connectivity index (χ4n) is 2.73. The third-order valence-corrected chi connectivity index (χ3v) is 7.90. The summed E-state index contributed by atoms with van der Waals surface area (Å²) in [4.78, 5) is 4.60. The average molecular weight is 323 g/mol. The molecular formula is C17H25NO3S. The maximum Gasteiger partial charge on any atom is 0.216 e. The number of aliphatic imine (C=N–C) groups is 1. The summed E-state index contributed by atoms with van der Waals surface area (Å²) < 4.78 is 30.0. The lowest BCUT2D eigenvalue weighted by molar-refractivity contribution is 0.287. The Morgan fingerprint density at radius 3 is 2.27 bits per heavy atom. The van der Waals surface area contributed by atoms with Gasteiger partial charge in [-0.05, 0) is 46.2 Å². The van der Waals surface area contributed by atoms with Crippen molar-refractivity contribution < 1.29 is 13.2 Å². The average Bonchev–Trinajstić information content (AvgIpc) is 2.96. The number of hydrogen-bond donors (Lipinski definition) is 0. The van der Waals surface area contributed by atoms with Crippen molar-refractivity contribution in [1.29, 1.82) is 0 Å². The van der Waals surface area contributed by atoms with Crippen LogP contribution in [0.2, 0.25) is 0 Å². The molecule has 0 amide bonds. The van der Waals surface area contributed by atoms with Gasteiger partial charge in [0.25, 0.3) is 0 Å². The minimum atomic E-state index is -3.36. The van der Waals surface area contributed by atoms with Crippen molar-refractivity contribution in [3.63, 3.8) is 0 Å². The summed E-state index contributed by atoms with van der Waals surface area (Å²) in [5.41, 5.74) is 0.886. The standard InChI is InChI=1S/C17H25NO3S/c1-6-17(5,22(19,20)16(2,3)4)14-12-21-15(18-14)13-10-8-7-9-11-13/h7-11,14H,6,12H2,1-5H3/t14-,17+/m1/s1. The zero-order chi connectivity index (χ0) is 16.6. The molecule has 22 heavy (non-hydrogen) atoms. The molecule has 122 valence electrons. The van der Waals surface area contributed by atoms with Gasteiger partial charge in [0.1, 0.15) is 12.6 Å². The molecule has 2 rings (SSSR count). The van der Waals surface area contributed by atoms with Gasteiger partial charge in [-0.3, -0.25) is 0 Å². The molecule has 1 aromatic carbocycles. The van der Waals surface area contributed by atoms with E-state index in [2.05, 4.69) is 4.99 Å². The molecule has 0 spiro atoms. The number of benzene rings is 1. The predicted molar refractivity (Wildman–Crippen MR) is 90.1 cm³/mol. The van der Waals surface area contributed by atoms with Gasteiger partial charge in [0.15, 0.2) is 9.84 Å². The van der Waals surface area contributed by atoms with Gasteiger partial charge in [0.2, 0.25) is 5.90 Å². The van der Waals surface area contributed by atoms with Crippen LogP contribution in [0.1, 0.15) is 46.6 Å².